The van der Waals surface area contributed by atoms with E-state index in [1.54, 1.807) is 13.0 Å². The molecule has 3 aromatic rings. The number of anilines is 1. The summed E-state index contributed by atoms with van der Waals surface area (Å²) >= 11 is 0. The van der Waals surface area contributed by atoms with Gasteiger partial charge in [-0.25, -0.2) is 9.97 Å². The Morgan fingerprint density at radius 2 is 1.79 bits per heavy atom. The highest BCUT2D eigenvalue weighted by molar-refractivity contribution is 5.95. The first-order chi connectivity index (χ1) is 13.3. The second-order valence-corrected chi connectivity index (χ2v) is 5.97. The number of hydrogen-bond acceptors (Lipinski definition) is 4. The molecule has 28 heavy (non-hydrogen) atoms. The number of alkyl halides is 3. The summed E-state index contributed by atoms with van der Waals surface area (Å²) in [6.45, 7) is 2.18. The Labute approximate surface area is 159 Å². The molecular weight excluding hydrogens is 371 g/mol. The normalized spacial score (nSPS) is 11.3. The third-order valence-electron chi connectivity index (χ3n) is 3.89. The summed E-state index contributed by atoms with van der Waals surface area (Å²) in [5, 5.41) is 5.53. The predicted molar refractivity (Wildman–Crippen MR) is 98.4 cm³/mol. The van der Waals surface area contributed by atoms with Crippen molar-refractivity contribution in [2.45, 2.75) is 13.1 Å². The number of amides is 1. The van der Waals surface area contributed by atoms with Gasteiger partial charge in [-0.2, -0.15) is 13.2 Å². The van der Waals surface area contributed by atoms with Crippen molar-refractivity contribution >= 4 is 11.7 Å². The van der Waals surface area contributed by atoms with Gasteiger partial charge in [0.25, 0.3) is 5.91 Å². The number of hydrogen-bond donors (Lipinski definition) is 2. The topological polar surface area (TPSA) is 71.8 Å². The molecule has 2 aromatic heterocycles. The molecule has 0 radical (unpaired) electrons. The standard InChI is InChI=1S/C19H18F3N5O/c1-13-25-16(12-17(26-13)27-10-4-5-11-27)23-8-9-24-18(28)14-6-2-3-7-15(14)19(20,21)22/h2-7,10-12H,8-9H2,1H3,(H,24,28)(H,23,25,26). The highest BCUT2D eigenvalue weighted by atomic mass is 19.4. The summed E-state index contributed by atoms with van der Waals surface area (Å²) in [4.78, 5) is 20.7. The van der Waals surface area contributed by atoms with E-state index in [9.17, 15) is 18.0 Å². The lowest BCUT2D eigenvalue weighted by Gasteiger charge is -2.13. The quantitative estimate of drug-likeness (QED) is 0.634. The van der Waals surface area contributed by atoms with Crippen molar-refractivity contribution in [2.24, 2.45) is 0 Å². The summed E-state index contributed by atoms with van der Waals surface area (Å²) in [7, 11) is 0. The van der Waals surface area contributed by atoms with Gasteiger partial charge in [-0.15, -0.1) is 0 Å². The number of rotatable bonds is 6. The number of carbonyl (C=O) groups is 1. The number of carbonyl (C=O) groups excluding carboxylic acids is 1. The van der Waals surface area contributed by atoms with Gasteiger partial charge in [-0.3, -0.25) is 4.79 Å². The minimum Gasteiger partial charge on any atom is -0.368 e. The van der Waals surface area contributed by atoms with Crippen LogP contribution in [0.15, 0.2) is 54.9 Å². The van der Waals surface area contributed by atoms with Gasteiger partial charge < -0.3 is 15.2 Å². The van der Waals surface area contributed by atoms with Crippen LogP contribution in [0, 0.1) is 6.92 Å². The lowest BCUT2D eigenvalue weighted by Crippen LogP contribution is -2.30. The van der Waals surface area contributed by atoms with Crippen LogP contribution in [-0.4, -0.2) is 33.5 Å². The van der Waals surface area contributed by atoms with E-state index in [0.717, 1.165) is 12.1 Å². The van der Waals surface area contributed by atoms with Gasteiger partial charge in [0.05, 0.1) is 11.1 Å². The van der Waals surface area contributed by atoms with E-state index in [1.165, 1.54) is 12.1 Å². The summed E-state index contributed by atoms with van der Waals surface area (Å²) < 4.78 is 40.8. The van der Waals surface area contributed by atoms with Crippen molar-refractivity contribution in [1.29, 1.82) is 0 Å². The molecule has 0 saturated carbocycles. The second kappa shape index (κ2) is 8.12. The van der Waals surface area contributed by atoms with Gasteiger partial charge >= 0.3 is 6.18 Å². The molecule has 2 heterocycles. The van der Waals surface area contributed by atoms with Crippen LogP contribution in [0.3, 0.4) is 0 Å². The maximum atomic E-state index is 13.0. The van der Waals surface area contributed by atoms with Gasteiger partial charge in [0.2, 0.25) is 0 Å². The molecule has 2 N–H and O–H groups in total. The van der Waals surface area contributed by atoms with Gasteiger partial charge in [0, 0.05) is 31.5 Å². The zero-order chi connectivity index (χ0) is 20.1. The fourth-order valence-corrected chi connectivity index (χ4v) is 2.65. The van der Waals surface area contributed by atoms with Crippen LogP contribution in [0.5, 0.6) is 0 Å². The molecule has 6 nitrogen and oxygen atoms in total. The molecule has 1 aromatic carbocycles. The molecule has 0 aliphatic heterocycles. The van der Waals surface area contributed by atoms with Gasteiger partial charge in [-0.05, 0) is 31.2 Å². The monoisotopic (exact) mass is 389 g/mol. The molecular formula is C19H18F3N5O. The second-order valence-electron chi connectivity index (χ2n) is 5.97. The van der Waals surface area contributed by atoms with Gasteiger partial charge in [0.1, 0.15) is 17.5 Å². The van der Waals surface area contributed by atoms with Crippen molar-refractivity contribution in [2.75, 3.05) is 18.4 Å². The molecule has 0 aliphatic carbocycles. The number of halogens is 3. The summed E-state index contributed by atoms with van der Waals surface area (Å²) in [5.74, 6) is 1.03. The smallest absolute Gasteiger partial charge is 0.368 e. The molecule has 1 amide bonds. The molecule has 146 valence electrons. The zero-order valence-electron chi connectivity index (χ0n) is 15.0. The fourth-order valence-electron chi connectivity index (χ4n) is 2.65. The van der Waals surface area contributed by atoms with E-state index in [4.69, 9.17) is 0 Å². The molecule has 0 unspecified atom stereocenters. The number of benzene rings is 1. The predicted octanol–water partition coefficient (Wildman–Crippen LogP) is 3.44. The maximum absolute atomic E-state index is 13.0. The number of nitrogens with zero attached hydrogens (tertiary/aromatic N) is 3. The van der Waals surface area contributed by atoms with E-state index < -0.39 is 23.2 Å². The van der Waals surface area contributed by atoms with Gasteiger partial charge in [0.15, 0.2) is 0 Å². The van der Waals surface area contributed by atoms with E-state index >= 15 is 0 Å². The Kier molecular flexibility index (Phi) is 5.62. The molecule has 0 saturated heterocycles. The van der Waals surface area contributed by atoms with Crippen LogP contribution in [-0.2, 0) is 6.18 Å². The highest BCUT2D eigenvalue weighted by Gasteiger charge is 2.34. The molecule has 0 atom stereocenters. The first kappa shape index (κ1) is 19.4. The summed E-state index contributed by atoms with van der Waals surface area (Å²) in [6.07, 6.45) is -0.882. The van der Waals surface area contributed by atoms with Crippen molar-refractivity contribution in [1.82, 2.24) is 19.9 Å². The van der Waals surface area contributed by atoms with E-state index in [-0.39, 0.29) is 6.54 Å². The third kappa shape index (κ3) is 4.67. The first-order valence-electron chi connectivity index (χ1n) is 8.52. The molecule has 0 spiro atoms. The Hall–Kier alpha value is -3.36. The fraction of sp³-hybridized carbons (Fsp3) is 0.211. The SMILES string of the molecule is Cc1nc(NCCNC(=O)c2ccccc2C(F)(F)F)cc(-n2cccc2)n1. The molecule has 0 fully saturated rings. The Bertz CT molecular complexity index is 954. The van der Waals surface area contributed by atoms with Crippen molar-refractivity contribution in [3.63, 3.8) is 0 Å². The van der Waals surface area contributed by atoms with Crippen LogP contribution < -0.4 is 10.6 Å². The van der Waals surface area contributed by atoms with Crippen molar-refractivity contribution < 1.29 is 18.0 Å². The first-order valence-corrected chi connectivity index (χ1v) is 8.52. The van der Waals surface area contributed by atoms with Crippen molar-refractivity contribution in [3.8, 4) is 5.82 Å². The van der Waals surface area contributed by atoms with Crippen LogP contribution in [0.2, 0.25) is 0 Å². The van der Waals surface area contributed by atoms with Crippen molar-refractivity contribution in [3.05, 3.63) is 71.8 Å². The van der Waals surface area contributed by atoms with E-state index in [1.807, 2.05) is 29.1 Å². The third-order valence-corrected chi connectivity index (χ3v) is 3.89. The molecule has 3 rings (SSSR count). The minimum absolute atomic E-state index is 0.132. The average Bonchev–Trinajstić information content (AvgIpc) is 3.19. The van der Waals surface area contributed by atoms with Crippen LogP contribution in [0.25, 0.3) is 5.82 Å². The number of nitrogens with one attached hydrogen (secondary N) is 2. The van der Waals surface area contributed by atoms with E-state index in [2.05, 4.69) is 20.6 Å². The molecule has 0 bridgehead atoms. The number of aryl methyl sites for hydroxylation is 1. The highest BCUT2D eigenvalue weighted by Crippen LogP contribution is 2.31. The Morgan fingerprint density at radius 1 is 1.07 bits per heavy atom. The minimum atomic E-state index is -4.58. The Morgan fingerprint density at radius 3 is 2.50 bits per heavy atom. The average molecular weight is 389 g/mol. The Balaban J connectivity index is 1.59. The lowest BCUT2D eigenvalue weighted by molar-refractivity contribution is -0.137. The van der Waals surface area contributed by atoms with Crippen LogP contribution in [0.4, 0.5) is 19.0 Å². The summed E-state index contributed by atoms with van der Waals surface area (Å²) in [6, 6.07) is 10.2. The van der Waals surface area contributed by atoms with E-state index in [0.29, 0.717) is 24.0 Å². The zero-order valence-corrected chi connectivity index (χ0v) is 15.0. The van der Waals surface area contributed by atoms with Crippen LogP contribution in [0.1, 0.15) is 21.7 Å². The molecule has 9 heteroatoms. The summed E-state index contributed by atoms with van der Waals surface area (Å²) in [5.41, 5.74) is -1.36. The maximum Gasteiger partial charge on any atom is 0.417 e. The number of aromatic nitrogens is 3. The largest absolute Gasteiger partial charge is 0.417 e. The van der Waals surface area contributed by atoms with Gasteiger partial charge in [-0.1, -0.05) is 12.1 Å². The lowest BCUT2D eigenvalue weighted by atomic mass is 10.1. The molecule has 0 aliphatic rings. The van der Waals surface area contributed by atoms with Crippen LogP contribution >= 0.6 is 0 Å².